The van der Waals surface area contributed by atoms with E-state index in [0.29, 0.717) is 11.4 Å². The van der Waals surface area contributed by atoms with Gasteiger partial charge in [0.05, 0.1) is 17.0 Å². The number of nitrogens with zero attached hydrogens (tertiary/aromatic N) is 4. The second kappa shape index (κ2) is 3.73. The van der Waals surface area contributed by atoms with Crippen molar-refractivity contribution < 1.29 is 9.90 Å². The number of aromatic nitrogens is 4. The van der Waals surface area contributed by atoms with Crippen LogP contribution in [0.1, 0.15) is 16.1 Å². The molecule has 0 unspecified atom stereocenters. The van der Waals surface area contributed by atoms with Gasteiger partial charge in [-0.15, -0.1) is 0 Å². The van der Waals surface area contributed by atoms with Gasteiger partial charge in [0.2, 0.25) is 0 Å². The molecule has 0 spiro atoms. The van der Waals surface area contributed by atoms with E-state index in [1.807, 2.05) is 6.92 Å². The molecule has 0 saturated heterocycles. The standard InChI is InChI=1S/C10H10N4O2/c1-6-9(13-14(2)12-6)8-4-3-7(5-11-8)10(15)16/h3-5H,1-2H3,(H,15,16). The average molecular weight is 218 g/mol. The summed E-state index contributed by atoms with van der Waals surface area (Å²) in [6, 6.07) is 3.12. The third-order valence-corrected chi connectivity index (χ3v) is 2.14. The lowest BCUT2D eigenvalue weighted by Crippen LogP contribution is -1.97. The van der Waals surface area contributed by atoms with Crippen LogP contribution in [0.5, 0.6) is 0 Å². The van der Waals surface area contributed by atoms with Gasteiger partial charge in [0.15, 0.2) is 0 Å². The Morgan fingerprint density at radius 2 is 2.12 bits per heavy atom. The van der Waals surface area contributed by atoms with Gasteiger partial charge in [-0.1, -0.05) is 0 Å². The van der Waals surface area contributed by atoms with Gasteiger partial charge in [-0.2, -0.15) is 15.0 Å². The third-order valence-electron chi connectivity index (χ3n) is 2.14. The van der Waals surface area contributed by atoms with Crippen LogP contribution in [-0.2, 0) is 7.05 Å². The van der Waals surface area contributed by atoms with Crippen LogP contribution in [-0.4, -0.2) is 31.1 Å². The fourth-order valence-corrected chi connectivity index (χ4v) is 1.40. The lowest BCUT2D eigenvalue weighted by atomic mass is 10.2. The number of carbonyl (C=O) groups is 1. The van der Waals surface area contributed by atoms with E-state index in [9.17, 15) is 4.79 Å². The van der Waals surface area contributed by atoms with Crippen molar-refractivity contribution in [3.63, 3.8) is 0 Å². The third kappa shape index (κ3) is 1.77. The summed E-state index contributed by atoms with van der Waals surface area (Å²) in [5.41, 5.74) is 2.21. The normalized spacial score (nSPS) is 10.4. The molecule has 16 heavy (non-hydrogen) atoms. The molecule has 0 bridgehead atoms. The molecule has 2 rings (SSSR count). The zero-order valence-corrected chi connectivity index (χ0v) is 8.88. The van der Waals surface area contributed by atoms with Gasteiger partial charge < -0.3 is 5.11 Å². The molecule has 82 valence electrons. The molecule has 0 radical (unpaired) electrons. The molecule has 2 aromatic rings. The van der Waals surface area contributed by atoms with Crippen LogP contribution < -0.4 is 0 Å². The first-order chi connectivity index (χ1) is 7.58. The molecule has 0 aliphatic heterocycles. The minimum atomic E-state index is -0.991. The Bertz CT molecular complexity index is 530. The Morgan fingerprint density at radius 3 is 2.56 bits per heavy atom. The molecule has 0 amide bonds. The summed E-state index contributed by atoms with van der Waals surface area (Å²) in [5.74, 6) is -0.991. The minimum absolute atomic E-state index is 0.158. The first-order valence-electron chi connectivity index (χ1n) is 4.65. The zero-order chi connectivity index (χ0) is 11.7. The van der Waals surface area contributed by atoms with Gasteiger partial charge >= 0.3 is 5.97 Å². The molecule has 0 saturated carbocycles. The van der Waals surface area contributed by atoms with Crippen LogP contribution in [0.25, 0.3) is 11.4 Å². The molecular weight excluding hydrogens is 208 g/mol. The number of aromatic carboxylic acids is 1. The highest BCUT2D eigenvalue weighted by atomic mass is 16.4. The van der Waals surface area contributed by atoms with E-state index in [-0.39, 0.29) is 5.56 Å². The molecule has 6 nitrogen and oxygen atoms in total. The van der Waals surface area contributed by atoms with Crippen molar-refractivity contribution in [1.82, 2.24) is 20.0 Å². The number of carboxylic acids is 1. The Hall–Kier alpha value is -2.24. The molecule has 2 aromatic heterocycles. The average Bonchev–Trinajstić information content (AvgIpc) is 2.58. The number of rotatable bonds is 2. The molecule has 0 fully saturated rings. The number of aryl methyl sites for hydroxylation is 2. The van der Waals surface area contributed by atoms with Crippen molar-refractivity contribution in [2.24, 2.45) is 7.05 Å². The van der Waals surface area contributed by atoms with E-state index >= 15 is 0 Å². The van der Waals surface area contributed by atoms with Crippen LogP contribution in [0.2, 0.25) is 0 Å². The second-order valence-electron chi connectivity index (χ2n) is 3.36. The fraction of sp³-hybridized carbons (Fsp3) is 0.200. The Labute approximate surface area is 91.6 Å². The van der Waals surface area contributed by atoms with Crippen molar-refractivity contribution >= 4 is 5.97 Å². The Balaban J connectivity index is 2.42. The summed E-state index contributed by atoms with van der Waals surface area (Å²) in [6.07, 6.45) is 1.31. The second-order valence-corrected chi connectivity index (χ2v) is 3.36. The van der Waals surface area contributed by atoms with Crippen LogP contribution in [0.4, 0.5) is 0 Å². The number of hydrogen-bond acceptors (Lipinski definition) is 4. The maximum Gasteiger partial charge on any atom is 0.337 e. The van der Waals surface area contributed by atoms with E-state index < -0.39 is 5.97 Å². The summed E-state index contributed by atoms with van der Waals surface area (Å²) in [6.45, 7) is 1.83. The van der Waals surface area contributed by atoms with Gasteiger partial charge in [-0.25, -0.2) is 4.79 Å². The molecule has 2 heterocycles. The van der Waals surface area contributed by atoms with E-state index in [1.54, 1.807) is 13.1 Å². The van der Waals surface area contributed by atoms with Crippen LogP contribution in [0.3, 0.4) is 0 Å². The molecule has 0 aliphatic rings. The lowest BCUT2D eigenvalue weighted by molar-refractivity contribution is 0.0696. The summed E-state index contributed by atoms with van der Waals surface area (Å²) in [7, 11) is 1.72. The Morgan fingerprint density at radius 1 is 1.38 bits per heavy atom. The fourth-order valence-electron chi connectivity index (χ4n) is 1.40. The summed E-state index contributed by atoms with van der Waals surface area (Å²) >= 11 is 0. The molecule has 0 aromatic carbocycles. The molecule has 1 N–H and O–H groups in total. The maximum atomic E-state index is 10.6. The summed E-state index contributed by atoms with van der Waals surface area (Å²) in [4.78, 5) is 16.2. The monoisotopic (exact) mass is 218 g/mol. The van der Waals surface area contributed by atoms with Gasteiger partial charge in [0, 0.05) is 13.2 Å². The van der Waals surface area contributed by atoms with Crippen LogP contribution >= 0.6 is 0 Å². The summed E-state index contributed by atoms with van der Waals surface area (Å²) in [5, 5.41) is 17.0. The van der Waals surface area contributed by atoms with Crippen molar-refractivity contribution in [1.29, 1.82) is 0 Å². The van der Waals surface area contributed by atoms with Crippen molar-refractivity contribution in [2.75, 3.05) is 0 Å². The molecule has 6 heteroatoms. The van der Waals surface area contributed by atoms with Gasteiger partial charge in [0.1, 0.15) is 5.69 Å². The molecular formula is C10H10N4O2. The van der Waals surface area contributed by atoms with Crippen molar-refractivity contribution in [2.45, 2.75) is 6.92 Å². The van der Waals surface area contributed by atoms with E-state index in [0.717, 1.165) is 5.69 Å². The lowest BCUT2D eigenvalue weighted by Gasteiger charge is -1.97. The SMILES string of the molecule is Cc1nn(C)nc1-c1ccc(C(=O)O)cn1. The number of pyridine rings is 1. The smallest absolute Gasteiger partial charge is 0.337 e. The predicted molar refractivity (Wildman–Crippen MR) is 55.9 cm³/mol. The highest BCUT2D eigenvalue weighted by Crippen LogP contribution is 2.16. The maximum absolute atomic E-state index is 10.6. The van der Waals surface area contributed by atoms with E-state index in [1.165, 1.54) is 17.1 Å². The van der Waals surface area contributed by atoms with E-state index in [4.69, 9.17) is 5.11 Å². The molecule has 0 aliphatic carbocycles. The quantitative estimate of drug-likeness (QED) is 0.809. The zero-order valence-electron chi connectivity index (χ0n) is 8.88. The number of hydrogen-bond donors (Lipinski definition) is 1. The first-order valence-corrected chi connectivity index (χ1v) is 4.65. The van der Waals surface area contributed by atoms with Crippen LogP contribution in [0.15, 0.2) is 18.3 Å². The van der Waals surface area contributed by atoms with E-state index in [2.05, 4.69) is 15.2 Å². The topological polar surface area (TPSA) is 80.9 Å². The minimum Gasteiger partial charge on any atom is -0.478 e. The molecule has 0 atom stereocenters. The van der Waals surface area contributed by atoms with Crippen LogP contribution in [0, 0.1) is 6.92 Å². The first kappa shape index (κ1) is 10.3. The highest BCUT2D eigenvalue weighted by molar-refractivity contribution is 5.87. The predicted octanol–water partition coefficient (Wildman–Crippen LogP) is 0.884. The van der Waals surface area contributed by atoms with Crippen molar-refractivity contribution in [3.05, 3.63) is 29.6 Å². The number of carboxylic acid groups (broad SMARTS) is 1. The summed E-state index contributed by atoms with van der Waals surface area (Å²) < 4.78 is 0. The Kier molecular flexibility index (Phi) is 2.40. The van der Waals surface area contributed by atoms with Crippen molar-refractivity contribution in [3.8, 4) is 11.4 Å². The van der Waals surface area contributed by atoms with Gasteiger partial charge in [-0.3, -0.25) is 4.98 Å². The van der Waals surface area contributed by atoms with Gasteiger partial charge in [-0.05, 0) is 19.1 Å². The highest BCUT2D eigenvalue weighted by Gasteiger charge is 2.10. The largest absolute Gasteiger partial charge is 0.478 e. The van der Waals surface area contributed by atoms with Gasteiger partial charge in [0.25, 0.3) is 0 Å².